The van der Waals surface area contributed by atoms with Gasteiger partial charge >= 0.3 is 0 Å². The third kappa shape index (κ3) is 5.68. The summed E-state index contributed by atoms with van der Waals surface area (Å²) in [7, 11) is 0. The highest BCUT2D eigenvalue weighted by Gasteiger charge is 2.19. The minimum absolute atomic E-state index is 0.663. The summed E-state index contributed by atoms with van der Waals surface area (Å²) in [4.78, 5) is 15.1. The van der Waals surface area contributed by atoms with E-state index in [0.717, 1.165) is 16.7 Å². The summed E-state index contributed by atoms with van der Waals surface area (Å²) in [6.45, 7) is 0. The first-order chi connectivity index (χ1) is 27.7. The molecule has 0 radical (unpaired) electrons. The highest BCUT2D eigenvalue weighted by molar-refractivity contribution is 7.26. The van der Waals surface area contributed by atoms with Gasteiger partial charge in [0.1, 0.15) is 0 Å². The topological polar surface area (TPSA) is 38.7 Å². The van der Waals surface area contributed by atoms with Gasteiger partial charge in [-0.1, -0.05) is 146 Å². The van der Waals surface area contributed by atoms with Gasteiger partial charge in [0.25, 0.3) is 0 Å². The normalized spacial score (nSPS) is 11.6. The molecule has 0 aliphatic heterocycles. The van der Waals surface area contributed by atoms with Crippen LogP contribution in [0.4, 0.5) is 0 Å². The molecule has 3 aromatic heterocycles. The molecule has 0 fully saturated rings. The molecule has 5 heteroatoms. The van der Waals surface area contributed by atoms with Gasteiger partial charge in [-0.2, -0.15) is 0 Å². The second kappa shape index (κ2) is 13.5. The van der Waals surface area contributed by atoms with Crippen LogP contribution in [0.2, 0.25) is 0 Å². The van der Waals surface area contributed by atoms with Crippen LogP contribution in [0.15, 0.2) is 188 Å². The van der Waals surface area contributed by atoms with Crippen molar-refractivity contribution in [3.63, 3.8) is 0 Å². The van der Waals surface area contributed by atoms with E-state index in [2.05, 4.69) is 152 Å². The molecule has 11 aromatic rings. The summed E-state index contributed by atoms with van der Waals surface area (Å²) in [5.74, 6) is 2.00. The fraction of sp³-hybridized carbons (Fsp3) is 0. The van der Waals surface area contributed by atoms with E-state index < -0.39 is 0 Å². The molecular weight excluding hydrogens is 719 g/mol. The van der Waals surface area contributed by atoms with Crippen molar-refractivity contribution in [1.82, 2.24) is 15.0 Å². The van der Waals surface area contributed by atoms with E-state index in [9.17, 15) is 0 Å². The first-order valence-electron chi connectivity index (χ1n) is 18.7. The van der Waals surface area contributed by atoms with Gasteiger partial charge < -0.3 is 0 Å². The maximum absolute atomic E-state index is 5.09. The van der Waals surface area contributed by atoms with Crippen molar-refractivity contribution >= 4 is 63.0 Å². The van der Waals surface area contributed by atoms with E-state index in [0.29, 0.717) is 17.5 Å². The first kappa shape index (κ1) is 32.6. The zero-order chi connectivity index (χ0) is 37.0. The van der Waals surface area contributed by atoms with Gasteiger partial charge in [-0.25, -0.2) is 15.0 Å². The number of hydrogen-bond donors (Lipinski definition) is 0. The van der Waals surface area contributed by atoms with Gasteiger partial charge in [0, 0.05) is 62.6 Å². The average molecular weight is 750 g/mol. The Balaban J connectivity index is 1.09. The van der Waals surface area contributed by atoms with E-state index in [1.54, 1.807) is 11.3 Å². The van der Waals surface area contributed by atoms with Crippen LogP contribution in [0, 0.1) is 0 Å². The van der Waals surface area contributed by atoms with Crippen LogP contribution in [-0.2, 0) is 0 Å². The Morgan fingerprint density at radius 2 is 0.786 bits per heavy atom. The summed E-state index contributed by atoms with van der Waals surface area (Å²) in [5.41, 5.74) is 10.2. The molecule has 0 atom stereocenters. The fourth-order valence-electron chi connectivity index (χ4n) is 7.79. The fourth-order valence-corrected chi connectivity index (χ4v) is 10.2. The van der Waals surface area contributed by atoms with Crippen LogP contribution in [0.3, 0.4) is 0 Å². The zero-order valence-electron chi connectivity index (χ0n) is 30.1. The Morgan fingerprint density at radius 1 is 0.268 bits per heavy atom. The standard InChI is InChI=1S/C51H31N3S2/c1-4-14-32(15-5-1)35-20-12-21-36(28-35)38-30-42(48-44(31-38)39-22-10-11-25-45(39)55-48)37-26-27-46-43(29-37)40-23-13-24-41(47(40)56-46)51-53-49(33-16-6-2-7-17-33)52-50(54-51)34-18-8-3-9-19-34/h1-31H. The Bertz CT molecular complexity index is 3180. The number of hydrogen-bond acceptors (Lipinski definition) is 5. The Morgan fingerprint density at radius 3 is 1.50 bits per heavy atom. The number of rotatable bonds is 6. The smallest absolute Gasteiger partial charge is 0.165 e. The van der Waals surface area contributed by atoms with E-state index >= 15 is 0 Å². The Labute approximate surface area is 331 Å². The zero-order valence-corrected chi connectivity index (χ0v) is 31.7. The minimum Gasteiger partial charge on any atom is -0.208 e. The lowest BCUT2D eigenvalue weighted by Crippen LogP contribution is -2.00. The largest absolute Gasteiger partial charge is 0.208 e. The van der Waals surface area contributed by atoms with Crippen LogP contribution in [0.25, 0.3) is 108 Å². The van der Waals surface area contributed by atoms with Crippen LogP contribution in [0.5, 0.6) is 0 Å². The third-order valence-corrected chi connectivity index (χ3v) is 13.0. The average Bonchev–Trinajstić information content (AvgIpc) is 3.85. The number of thiophene rings is 2. The lowest BCUT2D eigenvalue weighted by Gasteiger charge is -2.11. The second-order valence-electron chi connectivity index (χ2n) is 14.0. The molecule has 0 N–H and O–H groups in total. The van der Waals surface area contributed by atoms with Crippen LogP contribution < -0.4 is 0 Å². The van der Waals surface area contributed by atoms with Crippen molar-refractivity contribution in [3.05, 3.63) is 188 Å². The molecule has 8 aromatic carbocycles. The molecule has 0 aliphatic rings. The minimum atomic E-state index is 0.663. The van der Waals surface area contributed by atoms with Crippen molar-refractivity contribution in [2.24, 2.45) is 0 Å². The van der Waals surface area contributed by atoms with Crippen LogP contribution >= 0.6 is 22.7 Å². The van der Waals surface area contributed by atoms with E-state index in [4.69, 9.17) is 15.0 Å². The summed E-state index contributed by atoms with van der Waals surface area (Å²) >= 11 is 3.68. The van der Waals surface area contributed by atoms with Gasteiger partial charge in [0.15, 0.2) is 17.5 Å². The van der Waals surface area contributed by atoms with Gasteiger partial charge in [-0.05, 0) is 70.3 Å². The van der Waals surface area contributed by atoms with Crippen molar-refractivity contribution in [2.75, 3.05) is 0 Å². The van der Waals surface area contributed by atoms with Crippen molar-refractivity contribution in [1.29, 1.82) is 0 Å². The van der Waals surface area contributed by atoms with Crippen molar-refractivity contribution in [2.45, 2.75) is 0 Å². The number of nitrogens with zero attached hydrogens (tertiary/aromatic N) is 3. The SMILES string of the molecule is c1ccc(-c2cccc(-c3cc(-c4ccc5sc6c(-c7nc(-c8ccccc8)nc(-c8ccccc8)n7)cccc6c5c4)c4sc5ccccc5c4c3)c2)cc1. The van der Waals surface area contributed by atoms with Crippen LogP contribution in [-0.4, -0.2) is 15.0 Å². The molecule has 0 bridgehead atoms. The summed E-state index contributed by atoms with van der Waals surface area (Å²) in [6, 6.07) is 66.9. The number of benzene rings is 8. The van der Waals surface area contributed by atoms with Gasteiger partial charge in [-0.3, -0.25) is 0 Å². The van der Waals surface area contributed by atoms with E-state index in [1.807, 2.05) is 47.7 Å². The molecular formula is C51H31N3S2. The molecule has 0 saturated carbocycles. The molecule has 0 spiro atoms. The lowest BCUT2D eigenvalue weighted by atomic mass is 9.93. The first-order valence-corrected chi connectivity index (χ1v) is 20.3. The van der Waals surface area contributed by atoms with Crippen LogP contribution in [0.1, 0.15) is 0 Å². The quantitative estimate of drug-likeness (QED) is 0.170. The number of aromatic nitrogens is 3. The van der Waals surface area contributed by atoms with E-state index in [1.165, 1.54) is 73.7 Å². The molecule has 11 rings (SSSR count). The summed E-state index contributed by atoms with van der Waals surface area (Å²) in [5, 5.41) is 5.02. The maximum Gasteiger partial charge on any atom is 0.165 e. The molecule has 0 saturated heterocycles. The molecule has 56 heavy (non-hydrogen) atoms. The molecule has 0 amide bonds. The lowest BCUT2D eigenvalue weighted by molar-refractivity contribution is 1.08. The highest BCUT2D eigenvalue weighted by Crippen LogP contribution is 2.46. The third-order valence-electron chi connectivity index (χ3n) is 10.5. The second-order valence-corrected chi connectivity index (χ2v) is 16.1. The molecule has 3 nitrogen and oxygen atoms in total. The monoisotopic (exact) mass is 749 g/mol. The Hall–Kier alpha value is -6.79. The van der Waals surface area contributed by atoms with Crippen molar-refractivity contribution in [3.8, 4) is 67.5 Å². The Kier molecular flexibility index (Phi) is 7.87. The number of fused-ring (bicyclic) bond motifs is 6. The maximum atomic E-state index is 5.09. The van der Waals surface area contributed by atoms with Gasteiger partial charge in [0.2, 0.25) is 0 Å². The predicted molar refractivity (Wildman–Crippen MR) is 238 cm³/mol. The highest BCUT2D eigenvalue weighted by atomic mass is 32.1. The predicted octanol–water partition coefficient (Wildman–Crippen LogP) is 14.6. The van der Waals surface area contributed by atoms with Gasteiger partial charge in [0.05, 0.1) is 0 Å². The molecule has 262 valence electrons. The summed E-state index contributed by atoms with van der Waals surface area (Å²) in [6.07, 6.45) is 0. The molecule has 0 unspecified atom stereocenters. The van der Waals surface area contributed by atoms with E-state index in [-0.39, 0.29) is 0 Å². The summed E-state index contributed by atoms with van der Waals surface area (Å²) < 4.78 is 5.01. The molecule has 0 aliphatic carbocycles. The molecule has 3 heterocycles. The van der Waals surface area contributed by atoms with Crippen molar-refractivity contribution < 1.29 is 0 Å². The van der Waals surface area contributed by atoms with Gasteiger partial charge in [-0.15, -0.1) is 22.7 Å².